The first-order chi connectivity index (χ1) is 13.4. The van der Waals surface area contributed by atoms with Gasteiger partial charge in [-0.1, -0.05) is 23.2 Å². The van der Waals surface area contributed by atoms with Crippen LogP contribution in [0.5, 0.6) is 5.75 Å². The zero-order valence-corrected chi connectivity index (χ0v) is 16.3. The van der Waals surface area contributed by atoms with E-state index in [4.69, 9.17) is 27.9 Å². The van der Waals surface area contributed by atoms with Gasteiger partial charge in [0.2, 0.25) is 5.91 Å². The van der Waals surface area contributed by atoms with Crippen molar-refractivity contribution in [3.8, 4) is 5.75 Å². The number of ether oxygens (including phenoxy) is 1. The Bertz CT molecular complexity index is 858. The van der Waals surface area contributed by atoms with Gasteiger partial charge >= 0.3 is 0 Å². The molecule has 2 aromatic rings. The van der Waals surface area contributed by atoms with Crippen LogP contribution >= 0.6 is 23.2 Å². The number of aromatic nitrogens is 1. The van der Waals surface area contributed by atoms with Crippen molar-refractivity contribution in [2.75, 3.05) is 6.61 Å². The molecule has 148 valence electrons. The number of pyridine rings is 1. The summed E-state index contributed by atoms with van der Waals surface area (Å²) in [5.41, 5.74) is 0.720. The van der Waals surface area contributed by atoms with Crippen LogP contribution in [-0.4, -0.2) is 29.4 Å². The van der Waals surface area contributed by atoms with Gasteiger partial charge in [-0.25, -0.2) is 4.39 Å². The monoisotopic (exact) mass is 425 g/mol. The molecule has 28 heavy (non-hydrogen) atoms. The zero-order valence-electron chi connectivity index (χ0n) is 14.8. The number of benzene rings is 1. The Kier molecular flexibility index (Phi) is 6.70. The van der Waals surface area contributed by atoms with Crippen molar-refractivity contribution >= 4 is 35.0 Å². The van der Waals surface area contributed by atoms with Gasteiger partial charge in [-0.15, -0.1) is 0 Å². The summed E-state index contributed by atoms with van der Waals surface area (Å²) in [6.45, 7) is 0.0890. The molecule has 0 radical (unpaired) electrons. The van der Waals surface area contributed by atoms with E-state index in [1.165, 1.54) is 18.3 Å². The van der Waals surface area contributed by atoms with E-state index in [0.717, 1.165) is 11.8 Å². The molecule has 2 amide bonds. The fraction of sp³-hybridized carbons (Fsp3) is 0.316. The molecule has 0 saturated heterocycles. The van der Waals surface area contributed by atoms with Gasteiger partial charge in [0.15, 0.2) is 6.61 Å². The van der Waals surface area contributed by atoms with Crippen molar-refractivity contribution in [1.29, 1.82) is 0 Å². The molecule has 6 nitrogen and oxygen atoms in total. The molecule has 0 aliphatic heterocycles. The average molecular weight is 426 g/mol. The molecule has 1 aromatic heterocycles. The SMILES string of the molecule is O=C(COc1ccc(Cl)c(F)c1)NC1CC(C(=O)NCc2ccc(Cl)cn2)C1. The maximum absolute atomic E-state index is 13.3. The summed E-state index contributed by atoms with van der Waals surface area (Å²) in [5.74, 6) is -0.941. The largest absolute Gasteiger partial charge is 0.484 e. The van der Waals surface area contributed by atoms with Gasteiger partial charge in [-0.3, -0.25) is 14.6 Å². The van der Waals surface area contributed by atoms with Crippen LogP contribution in [-0.2, 0) is 16.1 Å². The number of hydrogen-bond donors (Lipinski definition) is 2. The summed E-state index contributed by atoms with van der Waals surface area (Å²) in [6, 6.07) is 7.35. The smallest absolute Gasteiger partial charge is 0.258 e. The molecule has 1 saturated carbocycles. The number of hydrogen-bond acceptors (Lipinski definition) is 4. The molecule has 0 bridgehead atoms. The molecule has 1 aliphatic carbocycles. The molecular weight excluding hydrogens is 408 g/mol. The van der Waals surface area contributed by atoms with Crippen LogP contribution in [0.2, 0.25) is 10.0 Å². The van der Waals surface area contributed by atoms with E-state index in [9.17, 15) is 14.0 Å². The van der Waals surface area contributed by atoms with E-state index in [-0.39, 0.29) is 41.2 Å². The average Bonchev–Trinajstić information content (AvgIpc) is 2.64. The molecule has 1 fully saturated rings. The molecule has 3 rings (SSSR count). The van der Waals surface area contributed by atoms with Gasteiger partial charge in [0.05, 0.1) is 22.3 Å². The fourth-order valence-electron chi connectivity index (χ4n) is 2.77. The van der Waals surface area contributed by atoms with Gasteiger partial charge in [0, 0.05) is 24.2 Å². The molecule has 2 N–H and O–H groups in total. The first-order valence-electron chi connectivity index (χ1n) is 8.66. The number of carbonyl (C=O) groups excluding carboxylic acids is 2. The Hall–Kier alpha value is -2.38. The third-order valence-electron chi connectivity index (χ3n) is 4.37. The highest BCUT2D eigenvalue weighted by Gasteiger charge is 2.35. The van der Waals surface area contributed by atoms with Crippen molar-refractivity contribution in [2.24, 2.45) is 5.92 Å². The minimum absolute atomic E-state index is 0.0116. The number of carbonyl (C=O) groups is 2. The number of nitrogens with one attached hydrogen (secondary N) is 2. The second-order valence-electron chi connectivity index (χ2n) is 6.48. The zero-order chi connectivity index (χ0) is 20.1. The van der Waals surface area contributed by atoms with Gasteiger partial charge < -0.3 is 15.4 Å². The Balaban J connectivity index is 1.34. The maximum atomic E-state index is 13.3. The summed E-state index contributed by atoms with van der Waals surface area (Å²) in [5, 5.41) is 6.14. The highest BCUT2D eigenvalue weighted by molar-refractivity contribution is 6.30. The molecule has 1 aliphatic rings. The van der Waals surface area contributed by atoms with Crippen molar-refractivity contribution in [3.05, 3.63) is 58.1 Å². The van der Waals surface area contributed by atoms with Crippen molar-refractivity contribution in [2.45, 2.75) is 25.4 Å². The van der Waals surface area contributed by atoms with Gasteiger partial charge in [0.1, 0.15) is 11.6 Å². The lowest BCUT2D eigenvalue weighted by Gasteiger charge is -2.34. The predicted molar refractivity (Wildman–Crippen MR) is 103 cm³/mol. The lowest BCUT2D eigenvalue weighted by molar-refractivity contribution is -0.131. The van der Waals surface area contributed by atoms with Crippen LogP contribution in [0.15, 0.2) is 36.5 Å². The third-order valence-corrected chi connectivity index (χ3v) is 4.90. The minimum atomic E-state index is -0.610. The normalized spacial score (nSPS) is 18.1. The number of rotatable bonds is 7. The molecule has 9 heteroatoms. The Morgan fingerprint density at radius 1 is 1.21 bits per heavy atom. The van der Waals surface area contributed by atoms with E-state index in [1.54, 1.807) is 12.1 Å². The van der Waals surface area contributed by atoms with Crippen molar-refractivity contribution in [3.63, 3.8) is 0 Å². The quantitative estimate of drug-likeness (QED) is 0.713. The number of halogens is 3. The summed E-state index contributed by atoms with van der Waals surface area (Å²) >= 11 is 11.4. The topological polar surface area (TPSA) is 80.3 Å². The molecule has 1 heterocycles. The fourth-order valence-corrected chi connectivity index (χ4v) is 3.00. The van der Waals surface area contributed by atoms with Crippen LogP contribution in [0, 0.1) is 11.7 Å². The lowest BCUT2D eigenvalue weighted by Crippen LogP contribution is -2.50. The number of nitrogens with zero attached hydrogens (tertiary/aromatic N) is 1. The molecule has 0 unspecified atom stereocenters. The van der Waals surface area contributed by atoms with Gasteiger partial charge in [0.25, 0.3) is 5.91 Å². The van der Waals surface area contributed by atoms with Crippen molar-refractivity contribution < 1.29 is 18.7 Å². The van der Waals surface area contributed by atoms with Gasteiger partial charge in [-0.2, -0.15) is 0 Å². The first-order valence-corrected chi connectivity index (χ1v) is 9.41. The van der Waals surface area contributed by atoms with Crippen LogP contribution in [0.3, 0.4) is 0 Å². The summed E-state index contributed by atoms with van der Waals surface area (Å²) in [4.78, 5) is 28.1. The summed E-state index contributed by atoms with van der Waals surface area (Å²) in [7, 11) is 0. The molecule has 1 aromatic carbocycles. The van der Waals surface area contributed by atoms with Crippen LogP contribution < -0.4 is 15.4 Å². The van der Waals surface area contributed by atoms with E-state index < -0.39 is 5.82 Å². The highest BCUT2D eigenvalue weighted by Crippen LogP contribution is 2.27. The Labute approximate surface area is 171 Å². The van der Waals surface area contributed by atoms with Gasteiger partial charge in [-0.05, 0) is 37.1 Å². The lowest BCUT2D eigenvalue weighted by atomic mass is 9.79. The van der Waals surface area contributed by atoms with Crippen LogP contribution in [0.4, 0.5) is 4.39 Å². The van der Waals surface area contributed by atoms with E-state index >= 15 is 0 Å². The summed E-state index contributed by atoms with van der Waals surface area (Å²) < 4.78 is 18.6. The Morgan fingerprint density at radius 2 is 2.00 bits per heavy atom. The predicted octanol–water partition coefficient (Wildman–Crippen LogP) is 3.12. The first kappa shape index (κ1) is 20.4. The molecule has 0 spiro atoms. The van der Waals surface area contributed by atoms with E-state index in [0.29, 0.717) is 24.4 Å². The molecule has 0 atom stereocenters. The third kappa shape index (κ3) is 5.56. The second kappa shape index (κ2) is 9.21. The Morgan fingerprint density at radius 3 is 2.68 bits per heavy atom. The van der Waals surface area contributed by atoms with E-state index in [2.05, 4.69) is 15.6 Å². The summed E-state index contributed by atoms with van der Waals surface area (Å²) in [6.07, 6.45) is 2.64. The van der Waals surface area contributed by atoms with Crippen LogP contribution in [0.1, 0.15) is 18.5 Å². The molecular formula is C19H18Cl2FN3O3. The number of amides is 2. The standard InChI is InChI=1S/C19H18Cl2FN3O3/c20-12-1-2-13(23-8-12)9-24-19(27)11-5-14(6-11)25-18(26)10-28-15-3-4-16(21)17(22)7-15/h1-4,7-8,11,14H,5-6,9-10H2,(H,24,27)(H,25,26). The second-order valence-corrected chi connectivity index (χ2v) is 7.33. The minimum Gasteiger partial charge on any atom is -0.484 e. The van der Waals surface area contributed by atoms with E-state index in [1.807, 2.05) is 0 Å². The van der Waals surface area contributed by atoms with Crippen molar-refractivity contribution in [1.82, 2.24) is 15.6 Å². The van der Waals surface area contributed by atoms with Crippen LogP contribution in [0.25, 0.3) is 0 Å². The maximum Gasteiger partial charge on any atom is 0.258 e. The highest BCUT2D eigenvalue weighted by atomic mass is 35.5.